The Bertz CT molecular complexity index is 689. The van der Waals surface area contributed by atoms with Crippen LogP contribution in [0.2, 0.25) is 0 Å². The van der Waals surface area contributed by atoms with Gasteiger partial charge in [0.25, 0.3) is 5.91 Å². The van der Waals surface area contributed by atoms with Gasteiger partial charge in [0.05, 0.1) is 5.69 Å². The minimum absolute atomic E-state index is 0.0886. The zero-order valence-electron chi connectivity index (χ0n) is 10.5. The highest BCUT2D eigenvalue weighted by Gasteiger charge is 2.14. The summed E-state index contributed by atoms with van der Waals surface area (Å²) in [6, 6.07) is 6.20. The van der Waals surface area contributed by atoms with E-state index in [1.54, 1.807) is 19.1 Å². The summed E-state index contributed by atoms with van der Waals surface area (Å²) in [5.74, 6) is -2.05. The second-order valence-corrected chi connectivity index (χ2v) is 5.16. The summed E-state index contributed by atoms with van der Waals surface area (Å²) in [6.07, 6.45) is 0. The summed E-state index contributed by atoms with van der Waals surface area (Å²) >= 11 is 3.24. The van der Waals surface area contributed by atoms with E-state index in [4.69, 9.17) is 5.73 Å². The van der Waals surface area contributed by atoms with Crippen LogP contribution in [-0.2, 0) is 0 Å². The van der Waals surface area contributed by atoms with Gasteiger partial charge in [-0.25, -0.2) is 8.78 Å². The van der Waals surface area contributed by atoms with E-state index in [1.165, 1.54) is 6.07 Å². The molecule has 1 amide bonds. The van der Waals surface area contributed by atoms with Crippen LogP contribution in [-0.4, -0.2) is 5.91 Å². The molecule has 0 aliphatic heterocycles. The molecule has 2 aromatic carbocycles. The van der Waals surface area contributed by atoms with E-state index in [1.807, 2.05) is 0 Å². The van der Waals surface area contributed by atoms with Crippen molar-refractivity contribution >= 4 is 33.2 Å². The van der Waals surface area contributed by atoms with Gasteiger partial charge in [-0.15, -0.1) is 0 Å². The molecule has 20 heavy (non-hydrogen) atoms. The molecular weight excluding hydrogens is 330 g/mol. The molecule has 6 heteroatoms. The molecule has 0 aromatic heterocycles. The fourth-order valence-electron chi connectivity index (χ4n) is 1.72. The van der Waals surface area contributed by atoms with Crippen molar-refractivity contribution in [1.29, 1.82) is 0 Å². The molecule has 0 unspecified atom stereocenters. The SMILES string of the molecule is Cc1c(N)cc(Br)cc1C(=O)Nc1ccc(F)cc1F. The highest BCUT2D eigenvalue weighted by atomic mass is 79.9. The molecule has 0 radical (unpaired) electrons. The van der Waals surface area contributed by atoms with Crippen molar-refractivity contribution in [2.75, 3.05) is 11.1 Å². The monoisotopic (exact) mass is 340 g/mol. The predicted molar refractivity (Wildman–Crippen MR) is 77.6 cm³/mol. The van der Waals surface area contributed by atoms with Gasteiger partial charge in [0, 0.05) is 21.8 Å². The smallest absolute Gasteiger partial charge is 0.256 e. The average Bonchev–Trinajstić information content (AvgIpc) is 2.37. The zero-order valence-corrected chi connectivity index (χ0v) is 12.1. The Kier molecular flexibility index (Phi) is 4.04. The molecule has 0 aliphatic carbocycles. The number of nitrogen functional groups attached to an aromatic ring is 1. The number of benzene rings is 2. The van der Waals surface area contributed by atoms with Crippen LogP contribution in [0.4, 0.5) is 20.2 Å². The van der Waals surface area contributed by atoms with E-state index in [-0.39, 0.29) is 5.69 Å². The lowest BCUT2D eigenvalue weighted by Gasteiger charge is -2.11. The van der Waals surface area contributed by atoms with Crippen molar-refractivity contribution in [1.82, 2.24) is 0 Å². The van der Waals surface area contributed by atoms with Gasteiger partial charge >= 0.3 is 0 Å². The number of nitrogens with two attached hydrogens (primary N) is 1. The molecule has 3 N–H and O–H groups in total. The molecule has 2 aromatic rings. The van der Waals surface area contributed by atoms with Crippen molar-refractivity contribution in [3.63, 3.8) is 0 Å². The molecular formula is C14H11BrF2N2O. The molecule has 0 atom stereocenters. The first-order chi connectivity index (χ1) is 9.38. The number of nitrogens with one attached hydrogen (secondary N) is 1. The predicted octanol–water partition coefficient (Wildman–Crippen LogP) is 3.87. The maximum Gasteiger partial charge on any atom is 0.256 e. The van der Waals surface area contributed by atoms with Gasteiger partial charge in [0.15, 0.2) is 0 Å². The van der Waals surface area contributed by atoms with Crippen LogP contribution < -0.4 is 11.1 Å². The third-order valence-electron chi connectivity index (χ3n) is 2.84. The Morgan fingerprint density at radius 3 is 2.60 bits per heavy atom. The molecule has 2 rings (SSSR count). The lowest BCUT2D eigenvalue weighted by molar-refractivity contribution is 0.102. The van der Waals surface area contributed by atoms with E-state index in [2.05, 4.69) is 21.2 Å². The summed E-state index contributed by atoms with van der Waals surface area (Å²) in [5.41, 5.74) is 7.04. The lowest BCUT2D eigenvalue weighted by atomic mass is 10.1. The summed E-state index contributed by atoms with van der Waals surface area (Å²) in [7, 11) is 0. The third-order valence-corrected chi connectivity index (χ3v) is 3.29. The minimum atomic E-state index is -0.834. The molecule has 0 spiro atoms. The van der Waals surface area contributed by atoms with Gasteiger partial charge < -0.3 is 11.1 Å². The zero-order chi connectivity index (χ0) is 14.9. The summed E-state index contributed by atoms with van der Waals surface area (Å²) in [5, 5.41) is 2.39. The second-order valence-electron chi connectivity index (χ2n) is 4.25. The summed E-state index contributed by atoms with van der Waals surface area (Å²) < 4.78 is 26.9. The van der Waals surface area contributed by atoms with Crippen LogP contribution in [0.25, 0.3) is 0 Å². The first-order valence-electron chi connectivity index (χ1n) is 5.70. The Labute approximate surface area is 122 Å². The first kappa shape index (κ1) is 14.5. The largest absolute Gasteiger partial charge is 0.398 e. The molecule has 0 heterocycles. The molecule has 0 saturated carbocycles. The van der Waals surface area contributed by atoms with Crippen LogP contribution in [0.15, 0.2) is 34.8 Å². The van der Waals surface area contributed by atoms with Crippen LogP contribution in [0.3, 0.4) is 0 Å². The quantitative estimate of drug-likeness (QED) is 0.815. The third kappa shape index (κ3) is 2.96. The number of carbonyl (C=O) groups is 1. The van der Waals surface area contributed by atoms with Gasteiger partial charge in [0.2, 0.25) is 0 Å². The van der Waals surface area contributed by atoms with Crippen LogP contribution in [0.5, 0.6) is 0 Å². The first-order valence-corrected chi connectivity index (χ1v) is 6.50. The number of anilines is 2. The van der Waals surface area contributed by atoms with Crippen LogP contribution in [0.1, 0.15) is 15.9 Å². The van der Waals surface area contributed by atoms with Gasteiger partial charge in [-0.1, -0.05) is 15.9 Å². The molecule has 104 valence electrons. The van der Waals surface area contributed by atoms with E-state index < -0.39 is 17.5 Å². The molecule has 0 fully saturated rings. The van der Waals surface area contributed by atoms with Crippen LogP contribution >= 0.6 is 15.9 Å². The van der Waals surface area contributed by atoms with Gasteiger partial charge in [-0.3, -0.25) is 4.79 Å². The van der Waals surface area contributed by atoms with Crippen molar-refractivity contribution in [3.05, 3.63) is 57.6 Å². The Balaban J connectivity index is 2.33. The maximum absolute atomic E-state index is 13.5. The normalized spacial score (nSPS) is 10.4. The second kappa shape index (κ2) is 5.58. The van der Waals surface area contributed by atoms with Crippen molar-refractivity contribution in [2.24, 2.45) is 0 Å². The Morgan fingerprint density at radius 1 is 1.25 bits per heavy atom. The molecule has 0 saturated heterocycles. The van der Waals surface area contributed by atoms with Crippen LogP contribution in [0, 0.1) is 18.6 Å². The molecule has 0 aliphatic rings. The van der Waals surface area contributed by atoms with Crippen molar-refractivity contribution in [2.45, 2.75) is 6.92 Å². The number of rotatable bonds is 2. The van der Waals surface area contributed by atoms with E-state index in [9.17, 15) is 13.6 Å². The standard InChI is InChI=1S/C14H11BrF2N2O/c1-7-10(4-8(15)5-12(7)18)14(20)19-13-3-2-9(16)6-11(13)17/h2-6H,18H2,1H3,(H,19,20). The van der Waals surface area contributed by atoms with E-state index in [0.717, 1.165) is 6.07 Å². The molecule has 3 nitrogen and oxygen atoms in total. The number of halogens is 3. The highest BCUT2D eigenvalue weighted by Crippen LogP contribution is 2.24. The highest BCUT2D eigenvalue weighted by molar-refractivity contribution is 9.10. The minimum Gasteiger partial charge on any atom is -0.398 e. The van der Waals surface area contributed by atoms with Gasteiger partial charge in [0.1, 0.15) is 11.6 Å². The maximum atomic E-state index is 13.5. The number of carbonyl (C=O) groups excluding carboxylic acids is 1. The lowest BCUT2D eigenvalue weighted by Crippen LogP contribution is -2.15. The summed E-state index contributed by atoms with van der Waals surface area (Å²) in [6.45, 7) is 1.69. The van der Waals surface area contributed by atoms with Crippen molar-refractivity contribution < 1.29 is 13.6 Å². The number of hydrogen-bond acceptors (Lipinski definition) is 2. The topological polar surface area (TPSA) is 55.1 Å². The van der Waals surface area contributed by atoms with Crippen molar-refractivity contribution in [3.8, 4) is 0 Å². The number of hydrogen-bond donors (Lipinski definition) is 2. The molecule has 0 bridgehead atoms. The van der Waals surface area contributed by atoms with E-state index >= 15 is 0 Å². The summed E-state index contributed by atoms with van der Waals surface area (Å²) in [4.78, 5) is 12.1. The Morgan fingerprint density at radius 2 is 1.95 bits per heavy atom. The van der Waals surface area contributed by atoms with Gasteiger partial charge in [-0.2, -0.15) is 0 Å². The fourth-order valence-corrected chi connectivity index (χ4v) is 2.19. The van der Waals surface area contributed by atoms with E-state index in [0.29, 0.717) is 27.4 Å². The van der Waals surface area contributed by atoms with Gasteiger partial charge in [-0.05, 0) is 36.8 Å². The average molecular weight is 341 g/mol. The number of amides is 1. The Hall–Kier alpha value is -1.95. The fraction of sp³-hybridized carbons (Fsp3) is 0.0714.